The fraction of sp³-hybridized carbons (Fsp3) is 0.500. The van der Waals surface area contributed by atoms with Crippen molar-refractivity contribution in [2.24, 2.45) is 11.5 Å². The predicted molar refractivity (Wildman–Crippen MR) is 68.5 cm³/mol. The second kappa shape index (κ2) is 3.80. The van der Waals surface area contributed by atoms with Gasteiger partial charge >= 0.3 is 0 Å². The molecule has 4 N–H and O–H groups in total. The van der Waals surface area contributed by atoms with E-state index in [0.717, 1.165) is 11.1 Å². The van der Waals surface area contributed by atoms with Gasteiger partial charge in [-0.15, -0.1) is 0 Å². The lowest BCUT2D eigenvalue weighted by molar-refractivity contribution is 0.591. The van der Waals surface area contributed by atoms with E-state index in [2.05, 4.69) is 0 Å². The molecule has 94 valence electrons. The molecular weight excluding hydrogens is 236 g/mol. The largest absolute Gasteiger partial charge is 0.329 e. The number of hydrogen-bond donors (Lipinski definition) is 2. The van der Waals surface area contributed by atoms with E-state index in [1.807, 2.05) is 31.2 Å². The van der Waals surface area contributed by atoms with Crippen molar-refractivity contribution in [1.82, 2.24) is 0 Å². The molecule has 1 saturated carbocycles. The highest BCUT2D eigenvalue weighted by molar-refractivity contribution is 7.91. The van der Waals surface area contributed by atoms with Crippen molar-refractivity contribution in [2.45, 2.75) is 23.6 Å². The van der Waals surface area contributed by atoms with Gasteiger partial charge in [0, 0.05) is 18.7 Å². The normalized spacial score (nSPS) is 32.5. The Morgan fingerprint density at radius 1 is 1.29 bits per heavy atom. The van der Waals surface area contributed by atoms with E-state index in [1.54, 1.807) is 0 Å². The van der Waals surface area contributed by atoms with E-state index >= 15 is 0 Å². The summed E-state index contributed by atoms with van der Waals surface area (Å²) in [4.78, 5) is 0. The van der Waals surface area contributed by atoms with Crippen LogP contribution in [0.5, 0.6) is 0 Å². The average molecular weight is 254 g/mol. The second-order valence-electron chi connectivity index (χ2n) is 4.95. The van der Waals surface area contributed by atoms with Gasteiger partial charge in [-0.1, -0.05) is 29.8 Å². The smallest absolute Gasteiger partial charge is 0.152 e. The van der Waals surface area contributed by atoms with Crippen molar-refractivity contribution in [3.63, 3.8) is 0 Å². The lowest BCUT2D eigenvalue weighted by Gasteiger charge is -2.07. The Morgan fingerprint density at radius 2 is 1.82 bits per heavy atom. The molecule has 0 aromatic heterocycles. The Hall–Kier alpha value is -0.910. The summed E-state index contributed by atoms with van der Waals surface area (Å²) in [5, 5.41) is -0.553. The van der Waals surface area contributed by atoms with Crippen LogP contribution in [0.25, 0.3) is 0 Å². The van der Waals surface area contributed by atoms with Gasteiger partial charge in [0.15, 0.2) is 9.84 Å². The molecule has 1 fully saturated rings. The summed E-state index contributed by atoms with van der Waals surface area (Å²) < 4.78 is 23.4. The second-order valence-corrected chi connectivity index (χ2v) is 7.12. The molecule has 4 nitrogen and oxygen atoms in total. The minimum absolute atomic E-state index is 0.178. The standard InChI is InChI=1S/C12H18N2O2S/c1-8-3-5-9(6-4-8)10-11(17(2,15)16)12(10,14)7-13/h3-6,10-11H,7,13-14H2,1-2H3/t10-,11-,12+/m1/s1. The first-order chi connectivity index (χ1) is 7.80. The van der Waals surface area contributed by atoms with Gasteiger partial charge in [-0.25, -0.2) is 8.42 Å². The first-order valence-corrected chi connectivity index (χ1v) is 7.50. The van der Waals surface area contributed by atoms with Gasteiger partial charge < -0.3 is 11.5 Å². The van der Waals surface area contributed by atoms with Gasteiger partial charge in [-0.2, -0.15) is 0 Å². The van der Waals surface area contributed by atoms with Crippen molar-refractivity contribution < 1.29 is 8.42 Å². The third-order valence-corrected chi connectivity index (χ3v) is 5.19. The Morgan fingerprint density at radius 3 is 2.18 bits per heavy atom. The molecule has 0 unspecified atom stereocenters. The van der Waals surface area contributed by atoms with Gasteiger partial charge in [0.1, 0.15) is 0 Å². The highest BCUT2D eigenvalue weighted by Gasteiger charge is 2.67. The highest BCUT2D eigenvalue weighted by atomic mass is 32.2. The van der Waals surface area contributed by atoms with E-state index in [0.29, 0.717) is 0 Å². The Kier molecular flexibility index (Phi) is 2.80. The van der Waals surface area contributed by atoms with Crippen LogP contribution in [0.4, 0.5) is 0 Å². The van der Waals surface area contributed by atoms with Gasteiger partial charge in [-0.3, -0.25) is 0 Å². The molecule has 1 aromatic carbocycles. The van der Waals surface area contributed by atoms with Crippen LogP contribution in [0.1, 0.15) is 17.0 Å². The summed E-state index contributed by atoms with van der Waals surface area (Å²) in [6, 6.07) is 7.79. The molecule has 0 saturated heterocycles. The molecule has 0 heterocycles. The summed E-state index contributed by atoms with van der Waals surface area (Å²) >= 11 is 0. The minimum Gasteiger partial charge on any atom is -0.329 e. The summed E-state index contributed by atoms with van der Waals surface area (Å²) in [7, 11) is -3.16. The van der Waals surface area contributed by atoms with Gasteiger partial charge in [0.05, 0.1) is 10.8 Å². The molecular formula is C12H18N2O2S. The van der Waals surface area contributed by atoms with Crippen LogP contribution in [0, 0.1) is 6.92 Å². The van der Waals surface area contributed by atoms with E-state index in [-0.39, 0.29) is 12.5 Å². The van der Waals surface area contributed by atoms with Crippen molar-refractivity contribution in [3.8, 4) is 0 Å². The van der Waals surface area contributed by atoms with Crippen molar-refractivity contribution in [2.75, 3.05) is 12.8 Å². The first-order valence-electron chi connectivity index (χ1n) is 5.55. The SMILES string of the molecule is Cc1ccc([C@@H]2[C@@H](S(C)(=O)=O)[C@]2(N)CN)cc1. The molecule has 1 aromatic rings. The Balaban J connectivity index is 2.37. The maximum absolute atomic E-state index is 11.7. The molecule has 0 aliphatic heterocycles. The topological polar surface area (TPSA) is 86.2 Å². The van der Waals surface area contributed by atoms with E-state index in [9.17, 15) is 8.42 Å². The molecule has 2 rings (SSSR count). The zero-order chi connectivity index (χ0) is 12.8. The van der Waals surface area contributed by atoms with Crippen molar-refractivity contribution >= 4 is 9.84 Å². The molecule has 0 amide bonds. The molecule has 0 bridgehead atoms. The number of benzene rings is 1. The van der Waals surface area contributed by atoms with Crippen LogP contribution >= 0.6 is 0 Å². The molecule has 1 aliphatic carbocycles. The number of rotatable bonds is 3. The van der Waals surface area contributed by atoms with Crippen molar-refractivity contribution in [1.29, 1.82) is 0 Å². The van der Waals surface area contributed by atoms with E-state index in [4.69, 9.17) is 11.5 Å². The van der Waals surface area contributed by atoms with Gasteiger partial charge in [-0.05, 0) is 12.5 Å². The third-order valence-electron chi connectivity index (χ3n) is 3.55. The highest BCUT2D eigenvalue weighted by Crippen LogP contribution is 2.53. The quantitative estimate of drug-likeness (QED) is 0.804. The molecule has 3 atom stereocenters. The van der Waals surface area contributed by atoms with Crippen LogP contribution in [0.2, 0.25) is 0 Å². The predicted octanol–water partition coefficient (Wildman–Crippen LogP) is 0.162. The molecule has 0 radical (unpaired) electrons. The third kappa shape index (κ3) is 1.99. The van der Waals surface area contributed by atoms with Gasteiger partial charge in [0.2, 0.25) is 0 Å². The van der Waals surface area contributed by atoms with E-state index < -0.39 is 20.6 Å². The fourth-order valence-corrected chi connectivity index (χ4v) is 4.44. The molecule has 5 heteroatoms. The molecule has 0 spiro atoms. The van der Waals surface area contributed by atoms with Crippen LogP contribution in [-0.2, 0) is 9.84 Å². The zero-order valence-corrected chi connectivity index (χ0v) is 10.9. The number of sulfone groups is 1. The molecule has 17 heavy (non-hydrogen) atoms. The van der Waals surface area contributed by atoms with E-state index in [1.165, 1.54) is 6.26 Å². The zero-order valence-electron chi connectivity index (χ0n) is 10.1. The Bertz CT molecular complexity index is 524. The monoisotopic (exact) mass is 254 g/mol. The molecule has 1 aliphatic rings. The Labute approximate surface area is 102 Å². The minimum atomic E-state index is -3.16. The van der Waals surface area contributed by atoms with Gasteiger partial charge in [0.25, 0.3) is 0 Å². The van der Waals surface area contributed by atoms with Crippen LogP contribution in [0.15, 0.2) is 24.3 Å². The lowest BCUT2D eigenvalue weighted by Crippen LogP contribution is -2.38. The maximum Gasteiger partial charge on any atom is 0.152 e. The summed E-state index contributed by atoms with van der Waals surface area (Å²) in [6.45, 7) is 2.17. The number of nitrogens with two attached hydrogens (primary N) is 2. The summed E-state index contributed by atoms with van der Waals surface area (Å²) in [5.41, 5.74) is 13.0. The summed E-state index contributed by atoms with van der Waals surface area (Å²) in [5.74, 6) is -0.178. The lowest BCUT2D eigenvalue weighted by atomic mass is 10.1. The number of hydrogen-bond acceptors (Lipinski definition) is 4. The first kappa shape index (κ1) is 12.5. The van der Waals surface area contributed by atoms with Crippen LogP contribution in [-0.4, -0.2) is 32.0 Å². The summed E-state index contributed by atoms with van der Waals surface area (Å²) in [6.07, 6.45) is 1.23. The van der Waals surface area contributed by atoms with Crippen LogP contribution < -0.4 is 11.5 Å². The van der Waals surface area contributed by atoms with Crippen molar-refractivity contribution in [3.05, 3.63) is 35.4 Å². The average Bonchev–Trinajstić information content (AvgIpc) is 2.87. The fourth-order valence-electron chi connectivity index (χ4n) is 2.57. The van der Waals surface area contributed by atoms with Crippen LogP contribution in [0.3, 0.4) is 0 Å². The number of aryl methyl sites for hydroxylation is 1. The maximum atomic E-state index is 11.7.